The Balaban J connectivity index is 1.16. The van der Waals surface area contributed by atoms with Crippen LogP contribution in [0.2, 0.25) is 0 Å². The number of allylic oxidation sites excluding steroid dienone is 2. The van der Waals surface area contributed by atoms with Gasteiger partial charge in [0.1, 0.15) is 41.2 Å². The van der Waals surface area contributed by atoms with Crippen LogP contribution < -0.4 is 4.74 Å². The first kappa shape index (κ1) is 32.7. The number of benzene rings is 2. The fraction of sp³-hybridized carbons (Fsp3) is 0.568. The number of phenols is 2. The summed E-state index contributed by atoms with van der Waals surface area (Å²) in [5.74, 6) is -1.62. The molecule has 3 aliphatic heterocycles. The van der Waals surface area contributed by atoms with Crippen molar-refractivity contribution in [1.82, 2.24) is 0 Å². The number of ether oxygens (including phenoxy) is 4. The van der Waals surface area contributed by atoms with Crippen molar-refractivity contribution in [3.63, 3.8) is 0 Å². The van der Waals surface area contributed by atoms with Crippen molar-refractivity contribution < 1.29 is 59.2 Å². The van der Waals surface area contributed by atoms with Crippen molar-refractivity contribution in [3.8, 4) is 17.2 Å². The van der Waals surface area contributed by atoms with Gasteiger partial charge in [-0.15, -0.1) is 0 Å². The minimum absolute atomic E-state index is 0.0229. The van der Waals surface area contributed by atoms with Gasteiger partial charge in [0.05, 0.1) is 36.3 Å². The largest absolute Gasteiger partial charge is 0.507 e. The minimum atomic E-state index is -1.73. The first-order valence-electron chi connectivity index (χ1n) is 17.2. The highest BCUT2D eigenvalue weighted by molar-refractivity contribution is 6.11. The summed E-state index contributed by atoms with van der Waals surface area (Å²) in [6.45, 7) is 3.70. The lowest BCUT2D eigenvalue weighted by molar-refractivity contribution is -0.326. The van der Waals surface area contributed by atoms with Crippen LogP contribution in [0.4, 0.5) is 0 Å². The number of rotatable bonds is 5. The number of hydrogen-bond acceptors (Lipinski definition) is 11. The molecule has 0 amide bonds. The van der Waals surface area contributed by atoms with Crippen molar-refractivity contribution in [2.75, 3.05) is 26.4 Å². The summed E-state index contributed by atoms with van der Waals surface area (Å²) in [6, 6.07) is 2.23. The summed E-state index contributed by atoms with van der Waals surface area (Å²) >= 11 is 0. The second-order valence-electron chi connectivity index (χ2n) is 14.7. The fourth-order valence-electron chi connectivity index (χ4n) is 10.3. The zero-order valence-electron chi connectivity index (χ0n) is 27.4. The van der Waals surface area contributed by atoms with E-state index in [0.29, 0.717) is 36.7 Å². The average Bonchev–Trinajstić information content (AvgIpc) is 3.43. The molecule has 1 spiro atoms. The van der Waals surface area contributed by atoms with Crippen LogP contribution in [0.3, 0.4) is 0 Å². The van der Waals surface area contributed by atoms with Gasteiger partial charge in [0.25, 0.3) is 0 Å². The van der Waals surface area contributed by atoms with Gasteiger partial charge in [-0.2, -0.15) is 0 Å². The molecule has 262 valence electrons. The molecule has 4 fully saturated rings. The summed E-state index contributed by atoms with van der Waals surface area (Å²) in [5, 5.41) is 66.3. The predicted molar refractivity (Wildman–Crippen MR) is 173 cm³/mol. The monoisotopic (exact) mass is 678 g/mol. The Morgan fingerprint density at radius 2 is 1.88 bits per heavy atom. The smallest absolute Gasteiger partial charge is 0.335 e. The summed E-state index contributed by atoms with van der Waals surface area (Å²) in [5.41, 5.74) is 1.80. The van der Waals surface area contributed by atoms with Crippen molar-refractivity contribution in [2.45, 2.75) is 76.2 Å². The predicted octanol–water partition coefficient (Wildman–Crippen LogP) is 3.37. The van der Waals surface area contributed by atoms with Gasteiger partial charge in [-0.1, -0.05) is 12.5 Å². The van der Waals surface area contributed by atoms with Gasteiger partial charge in [0.2, 0.25) is 6.29 Å². The van der Waals surface area contributed by atoms with Gasteiger partial charge in [0.15, 0.2) is 5.78 Å². The van der Waals surface area contributed by atoms with Crippen molar-refractivity contribution >= 4 is 22.5 Å². The molecule has 3 heterocycles. The Hall–Kier alpha value is -3.52. The lowest BCUT2D eigenvalue weighted by Crippen LogP contribution is -2.69. The van der Waals surface area contributed by atoms with E-state index in [4.69, 9.17) is 18.9 Å². The van der Waals surface area contributed by atoms with Crippen molar-refractivity contribution in [3.05, 3.63) is 51.6 Å². The first-order valence-corrected chi connectivity index (χ1v) is 17.2. The van der Waals surface area contributed by atoms with E-state index >= 15 is 0 Å². The Bertz CT molecular complexity index is 1810. The van der Waals surface area contributed by atoms with Gasteiger partial charge in [-0.25, -0.2) is 4.79 Å². The highest BCUT2D eigenvalue weighted by atomic mass is 16.7. The second-order valence-corrected chi connectivity index (χ2v) is 14.7. The fourth-order valence-corrected chi connectivity index (χ4v) is 10.3. The van der Waals surface area contributed by atoms with Crippen LogP contribution in [0.5, 0.6) is 17.2 Å². The molecule has 0 bridgehead atoms. The number of carboxylic acid groups (broad SMARTS) is 1. The van der Waals surface area contributed by atoms with Gasteiger partial charge in [0, 0.05) is 23.5 Å². The topological polar surface area (TPSA) is 192 Å². The third-order valence-electron chi connectivity index (χ3n) is 12.4. The number of hydrogen-bond donors (Lipinski definition) is 6. The highest BCUT2D eigenvalue weighted by Crippen LogP contribution is 2.61. The lowest BCUT2D eigenvalue weighted by Gasteiger charge is -2.56. The number of ketones is 1. The van der Waals surface area contributed by atoms with Gasteiger partial charge in [-0.3, -0.25) is 4.79 Å². The van der Waals surface area contributed by atoms with E-state index in [-0.39, 0.29) is 45.7 Å². The van der Waals surface area contributed by atoms with Crippen LogP contribution in [0.25, 0.3) is 10.8 Å². The summed E-state index contributed by atoms with van der Waals surface area (Å²) in [7, 11) is 0. The molecule has 10 atom stereocenters. The van der Waals surface area contributed by atoms with Crippen LogP contribution >= 0.6 is 0 Å². The summed E-state index contributed by atoms with van der Waals surface area (Å²) in [6.07, 6.45) is 0.446. The number of carbonyl (C=O) groups is 2. The molecule has 2 saturated carbocycles. The minimum Gasteiger partial charge on any atom is -0.507 e. The quantitative estimate of drug-likeness (QED) is 0.200. The normalized spacial score (nSPS) is 36.6. The van der Waals surface area contributed by atoms with E-state index in [2.05, 4.69) is 6.08 Å². The number of aromatic carboxylic acids is 1. The van der Waals surface area contributed by atoms with E-state index in [1.165, 1.54) is 25.0 Å². The Kier molecular flexibility index (Phi) is 7.86. The number of carbonyl (C=O) groups excluding carboxylic acids is 1. The molecule has 6 aliphatic rings. The van der Waals surface area contributed by atoms with Crippen LogP contribution in [0.15, 0.2) is 34.9 Å². The van der Waals surface area contributed by atoms with Crippen LogP contribution in [0.1, 0.15) is 65.3 Å². The molecule has 12 heteroatoms. The molecular formula is C37H42O12. The molecule has 2 aromatic rings. The van der Waals surface area contributed by atoms with Gasteiger partial charge < -0.3 is 49.6 Å². The lowest BCUT2D eigenvalue weighted by atomic mass is 9.52. The van der Waals surface area contributed by atoms with Crippen LogP contribution in [0, 0.1) is 36.5 Å². The van der Waals surface area contributed by atoms with E-state index in [0.717, 1.165) is 50.0 Å². The molecule has 3 aliphatic carbocycles. The SMILES string of the molecule is CC(=O)c1c(C)c(O)c2cc(C(=O)O)cc(OC3OC(CO)C4(CC5C6=C(CC=C6C6COCC7CCCC5C76)CO4)C(O)C3O)c2c1O. The maximum absolute atomic E-state index is 12.5. The zero-order valence-corrected chi connectivity index (χ0v) is 27.4. The molecule has 8 rings (SSSR count). The Morgan fingerprint density at radius 1 is 1.08 bits per heavy atom. The second kappa shape index (κ2) is 11.8. The maximum Gasteiger partial charge on any atom is 0.335 e. The average molecular weight is 679 g/mol. The number of Topliss-reactive ketones (excluding diaryl/α,β-unsaturated/α-hetero) is 1. The van der Waals surface area contributed by atoms with Gasteiger partial charge in [-0.05, 0) is 92.1 Å². The Morgan fingerprint density at radius 3 is 2.61 bits per heavy atom. The summed E-state index contributed by atoms with van der Waals surface area (Å²) < 4.78 is 25.0. The number of aliphatic hydroxyl groups is 3. The number of phenolic OH excluding ortho intramolecular Hbond substituents is 2. The summed E-state index contributed by atoms with van der Waals surface area (Å²) in [4.78, 5) is 24.6. The van der Waals surface area contributed by atoms with Gasteiger partial charge >= 0.3 is 5.97 Å². The number of fused-ring (bicyclic) bond motifs is 3. The number of aromatic hydroxyl groups is 2. The molecule has 2 aromatic carbocycles. The third-order valence-corrected chi connectivity index (χ3v) is 12.4. The van der Waals surface area contributed by atoms with E-state index in [9.17, 15) is 40.2 Å². The molecule has 0 radical (unpaired) electrons. The highest BCUT2D eigenvalue weighted by Gasteiger charge is 2.62. The maximum atomic E-state index is 12.5. The molecule has 12 nitrogen and oxygen atoms in total. The van der Waals surface area contributed by atoms with Crippen molar-refractivity contribution in [2.24, 2.45) is 29.6 Å². The molecule has 10 unspecified atom stereocenters. The van der Waals surface area contributed by atoms with E-state index in [1.807, 2.05) is 0 Å². The zero-order chi connectivity index (χ0) is 34.5. The molecule has 0 aromatic heterocycles. The Labute approximate surface area is 282 Å². The first-order chi connectivity index (χ1) is 23.5. The number of aliphatic hydroxyl groups excluding tert-OH is 3. The standard InChI is InChI=1S/C37H42O12/c1-15-27(16(2)39)32(41)30-22(31(15)40)8-19(35(44)45)9-25(30)48-36-33(42)34(43)37(26(11-38)49-36)10-23-20-5-3-4-17-12-46-14-24(29(17)20)21-7-6-18(13-47-37)28(21)23/h7-9,17,20,23-24,26,29,33-34,36,38,40-43H,3-6,10-14H2,1-2H3,(H,44,45). The third kappa shape index (κ3) is 4.71. The molecule has 49 heavy (non-hydrogen) atoms. The van der Waals surface area contributed by atoms with Crippen LogP contribution in [-0.2, 0) is 14.2 Å². The van der Waals surface area contributed by atoms with Crippen molar-refractivity contribution in [1.29, 1.82) is 0 Å². The molecule has 2 saturated heterocycles. The molecule has 6 N–H and O–H groups in total. The van der Waals surface area contributed by atoms with E-state index in [1.54, 1.807) is 0 Å². The van der Waals surface area contributed by atoms with E-state index < -0.39 is 60.1 Å². The van der Waals surface area contributed by atoms with Crippen LogP contribution in [-0.4, -0.2) is 99.0 Å². The number of carboxylic acids is 1. The molecular weight excluding hydrogens is 636 g/mol.